The zero-order valence-electron chi connectivity index (χ0n) is 20.3. The maximum absolute atomic E-state index is 13.8. The summed E-state index contributed by atoms with van der Waals surface area (Å²) in [5.41, 5.74) is 1.77. The summed E-state index contributed by atoms with van der Waals surface area (Å²) in [6.45, 7) is 0. The number of hydrogen-bond donors (Lipinski definition) is 2. The van der Waals surface area contributed by atoms with Gasteiger partial charge in [0.15, 0.2) is 0 Å². The van der Waals surface area contributed by atoms with Gasteiger partial charge >= 0.3 is 5.97 Å². The summed E-state index contributed by atoms with van der Waals surface area (Å²) < 4.78 is 11.5. The number of benzene rings is 5. The average Bonchev–Trinajstić information content (AvgIpc) is 3.49. The van der Waals surface area contributed by atoms with Gasteiger partial charge in [-0.2, -0.15) is 0 Å². The summed E-state index contributed by atoms with van der Waals surface area (Å²) in [5.74, 6) is -1.05. The number of furan rings is 1. The number of aromatic hydroxyl groups is 1. The molecule has 0 saturated carbocycles. The highest BCUT2D eigenvalue weighted by Crippen LogP contribution is 2.45. The Hall–Kier alpha value is -4.87. The lowest BCUT2D eigenvalue weighted by Crippen LogP contribution is -2.25. The molecule has 186 valence electrons. The molecule has 0 saturated heterocycles. The first-order chi connectivity index (χ1) is 18.6. The van der Waals surface area contributed by atoms with E-state index in [9.17, 15) is 15.0 Å². The van der Waals surface area contributed by atoms with E-state index in [2.05, 4.69) is 0 Å². The Kier molecular flexibility index (Phi) is 6.12. The number of carbonyl (C=O) groups excluding carboxylic acids is 1. The molecule has 2 atom stereocenters. The standard InChI is InChI=1S/C33H24O5/c34-26-18-16-21-9-4-6-13-24(21)30(26)31-25-14-7-5-10-22(25)17-19-27(31)38-33(36)29(23-11-2-1-3-12-23)32(35)28-15-8-20-37-28/h1-20,29,32,34-35H/t29-,32-/m0/s1. The molecule has 0 bridgehead atoms. The Bertz CT molecular complexity index is 1740. The predicted octanol–water partition coefficient (Wildman–Crippen LogP) is 7.38. The fraction of sp³-hybridized carbons (Fsp3) is 0.0606. The molecule has 0 spiro atoms. The maximum Gasteiger partial charge on any atom is 0.321 e. The molecule has 5 nitrogen and oxygen atoms in total. The molecule has 0 amide bonds. The van der Waals surface area contributed by atoms with E-state index < -0.39 is 18.0 Å². The molecule has 1 heterocycles. The highest BCUT2D eigenvalue weighted by atomic mass is 16.5. The third-order valence-corrected chi connectivity index (χ3v) is 6.82. The van der Waals surface area contributed by atoms with Gasteiger partial charge in [-0.15, -0.1) is 0 Å². The molecule has 5 heteroatoms. The van der Waals surface area contributed by atoms with Crippen LogP contribution in [0.2, 0.25) is 0 Å². The van der Waals surface area contributed by atoms with Crippen molar-refractivity contribution in [2.75, 3.05) is 0 Å². The van der Waals surface area contributed by atoms with Crippen LogP contribution in [0.25, 0.3) is 32.7 Å². The highest BCUT2D eigenvalue weighted by molar-refractivity contribution is 6.10. The van der Waals surface area contributed by atoms with Crippen LogP contribution >= 0.6 is 0 Å². The zero-order valence-corrected chi connectivity index (χ0v) is 20.3. The van der Waals surface area contributed by atoms with Crippen molar-refractivity contribution in [2.45, 2.75) is 12.0 Å². The van der Waals surface area contributed by atoms with E-state index in [4.69, 9.17) is 9.15 Å². The quantitative estimate of drug-likeness (QED) is 0.184. The zero-order chi connectivity index (χ0) is 26.1. The fourth-order valence-corrected chi connectivity index (χ4v) is 5.02. The number of carbonyl (C=O) groups is 1. The Morgan fingerprint density at radius 3 is 2.00 bits per heavy atom. The number of fused-ring (bicyclic) bond motifs is 2. The summed E-state index contributed by atoms with van der Waals surface area (Å²) in [6, 6.07) is 34.9. The van der Waals surface area contributed by atoms with Crippen molar-refractivity contribution in [3.8, 4) is 22.6 Å². The molecule has 5 aromatic carbocycles. The Labute approximate surface area is 219 Å². The van der Waals surface area contributed by atoms with Gasteiger partial charge in [0.1, 0.15) is 29.3 Å². The first-order valence-electron chi connectivity index (χ1n) is 12.3. The van der Waals surface area contributed by atoms with Crippen molar-refractivity contribution in [2.24, 2.45) is 0 Å². The van der Waals surface area contributed by atoms with Crippen LogP contribution in [-0.4, -0.2) is 16.2 Å². The van der Waals surface area contributed by atoms with E-state index in [-0.39, 0.29) is 17.3 Å². The third-order valence-electron chi connectivity index (χ3n) is 6.82. The molecular weight excluding hydrogens is 476 g/mol. The SMILES string of the molecule is O=C(Oc1ccc2ccccc2c1-c1c(O)ccc2ccccc12)[C@@H](c1ccccc1)[C@@H](O)c1ccco1. The first-order valence-corrected chi connectivity index (χ1v) is 12.3. The van der Waals surface area contributed by atoms with Gasteiger partial charge in [0.05, 0.1) is 6.26 Å². The van der Waals surface area contributed by atoms with Crippen molar-refractivity contribution in [3.63, 3.8) is 0 Å². The second kappa shape index (κ2) is 9.88. The van der Waals surface area contributed by atoms with E-state index in [1.54, 1.807) is 48.5 Å². The molecular formula is C33H24O5. The van der Waals surface area contributed by atoms with E-state index in [0.29, 0.717) is 16.7 Å². The number of phenols is 1. The van der Waals surface area contributed by atoms with Gasteiger partial charge in [0, 0.05) is 11.1 Å². The Balaban J connectivity index is 1.52. The molecule has 0 fully saturated rings. The minimum absolute atomic E-state index is 0.0765. The summed E-state index contributed by atoms with van der Waals surface area (Å²) in [5, 5.41) is 25.8. The molecule has 1 aromatic heterocycles. The van der Waals surface area contributed by atoms with Crippen molar-refractivity contribution in [1.82, 2.24) is 0 Å². The van der Waals surface area contributed by atoms with Crippen molar-refractivity contribution >= 4 is 27.5 Å². The number of hydrogen-bond acceptors (Lipinski definition) is 5. The molecule has 38 heavy (non-hydrogen) atoms. The van der Waals surface area contributed by atoms with E-state index in [1.807, 2.05) is 66.7 Å². The topological polar surface area (TPSA) is 79.9 Å². The van der Waals surface area contributed by atoms with Crippen molar-refractivity contribution < 1.29 is 24.2 Å². The summed E-state index contributed by atoms with van der Waals surface area (Å²) >= 11 is 0. The molecule has 6 rings (SSSR count). The number of rotatable bonds is 6. The lowest BCUT2D eigenvalue weighted by atomic mass is 9.91. The van der Waals surface area contributed by atoms with Crippen LogP contribution in [0, 0.1) is 0 Å². The van der Waals surface area contributed by atoms with Gasteiger partial charge in [-0.25, -0.2) is 0 Å². The predicted molar refractivity (Wildman–Crippen MR) is 147 cm³/mol. The number of phenolic OH excluding ortho intramolecular Hbond substituents is 1. The van der Waals surface area contributed by atoms with Crippen molar-refractivity contribution in [3.05, 3.63) is 133 Å². The first kappa shape index (κ1) is 23.5. The van der Waals surface area contributed by atoms with E-state index in [1.165, 1.54) is 6.26 Å². The van der Waals surface area contributed by atoms with Gasteiger partial charge in [0.25, 0.3) is 0 Å². The lowest BCUT2D eigenvalue weighted by molar-refractivity contribution is -0.139. The van der Waals surface area contributed by atoms with Crippen LogP contribution in [0.15, 0.2) is 126 Å². The fourth-order valence-electron chi connectivity index (χ4n) is 5.02. The van der Waals surface area contributed by atoms with Crippen molar-refractivity contribution in [1.29, 1.82) is 0 Å². The van der Waals surface area contributed by atoms with Gasteiger partial charge in [0.2, 0.25) is 0 Å². The van der Waals surface area contributed by atoms with Crippen LogP contribution in [0.3, 0.4) is 0 Å². The molecule has 0 unspecified atom stereocenters. The van der Waals surface area contributed by atoms with E-state index >= 15 is 0 Å². The molecule has 6 aromatic rings. The van der Waals surface area contributed by atoms with Crippen LogP contribution in [0.1, 0.15) is 23.3 Å². The monoisotopic (exact) mass is 500 g/mol. The second-order valence-electron chi connectivity index (χ2n) is 9.11. The van der Waals surface area contributed by atoms with Crippen LogP contribution in [0.4, 0.5) is 0 Å². The van der Waals surface area contributed by atoms with Crippen LogP contribution in [0.5, 0.6) is 11.5 Å². The van der Waals surface area contributed by atoms with Gasteiger partial charge < -0.3 is 19.4 Å². The minimum atomic E-state index is -1.25. The van der Waals surface area contributed by atoms with Crippen LogP contribution < -0.4 is 4.74 Å². The lowest BCUT2D eigenvalue weighted by Gasteiger charge is -2.22. The molecule has 0 aliphatic rings. The van der Waals surface area contributed by atoms with Gasteiger partial charge in [-0.3, -0.25) is 4.79 Å². The average molecular weight is 501 g/mol. The highest BCUT2D eigenvalue weighted by Gasteiger charge is 2.34. The summed E-state index contributed by atoms with van der Waals surface area (Å²) in [6.07, 6.45) is 0.200. The molecule has 2 N–H and O–H groups in total. The minimum Gasteiger partial charge on any atom is -0.507 e. The number of esters is 1. The maximum atomic E-state index is 13.8. The van der Waals surface area contributed by atoms with Gasteiger partial charge in [-0.1, -0.05) is 91.0 Å². The summed E-state index contributed by atoms with van der Waals surface area (Å²) in [4.78, 5) is 13.8. The Morgan fingerprint density at radius 2 is 1.32 bits per heavy atom. The number of aliphatic hydroxyl groups excluding tert-OH is 1. The third kappa shape index (κ3) is 4.19. The molecule has 0 aliphatic carbocycles. The smallest absolute Gasteiger partial charge is 0.321 e. The number of ether oxygens (including phenoxy) is 1. The Morgan fingerprint density at radius 1 is 0.684 bits per heavy atom. The number of aliphatic hydroxyl groups is 1. The summed E-state index contributed by atoms with van der Waals surface area (Å²) in [7, 11) is 0. The van der Waals surface area contributed by atoms with E-state index in [0.717, 1.165) is 21.5 Å². The largest absolute Gasteiger partial charge is 0.507 e. The van der Waals surface area contributed by atoms with Gasteiger partial charge in [-0.05, 0) is 51.4 Å². The molecule has 0 aliphatic heterocycles. The van der Waals surface area contributed by atoms with Crippen LogP contribution in [-0.2, 0) is 4.79 Å². The molecule has 0 radical (unpaired) electrons. The second-order valence-corrected chi connectivity index (χ2v) is 9.11. The normalized spacial score (nSPS) is 12.9.